The summed E-state index contributed by atoms with van der Waals surface area (Å²) < 4.78 is 19.3. The van der Waals surface area contributed by atoms with Gasteiger partial charge in [0.1, 0.15) is 0 Å². The zero-order valence-electron chi connectivity index (χ0n) is 13.9. The Labute approximate surface area is 128 Å². The molecule has 0 aromatic carbocycles. The smallest absolute Gasteiger partial charge is 0.295 e. The molecule has 0 N–H and O–H groups in total. The van der Waals surface area contributed by atoms with Crippen LogP contribution >= 0.6 is 0 Å². The molecule has 0 amide bonds. The van der Waals surface area contributed by atoms with Crippen LogP contribution in [0.4, 0.5) is 0 Å². The monoisotopic (exact) mass is 348 g/mol. The molecule has 0 radical (unpaired) electrons. The Morgan fingerprint density at radius 1 is 0.750 bits per heavy atom. The minimum atomic E-state index is -2.43. The lowest BCUT2D eigenvalue weighted by Gasteiger charge is -2.60. The van der Waals surface area contributed by atoms with E-state index < -0.39 is 30.9 Å². The van der Waals surface area contributed by atoms with E-state index in [1.165, 1.54) is 0 Å². The highest BCUT2D eigenvalue weighted by Gasteiger charge is 2.48. The Bertz CT molecular complexity index is 302. The van der Waals surface area contributed by atoms with Crippen LogP contribution < -0.4 is 0 Å². The molecule has 8 heteroatoms. The summed E-state index contributed by atoms with van der Waals surface area (Å²) in [5, 5.41) is 0. The van der Waals surface area contributed by atoms with Crippen LogP contribution in [0, 0.1) is 0 Å². The average molecular weight is 349 g/mol. The molecule has 118 valence electrons. The topological polar surface area (TPSA) is 30.9 Å². The van der Waals surface area contributed by atoms with Gasteiger partial charge in [0.05, 0.1) is 0 Å². The molecule has 3 saturated heterocycles. The number of fused-ring (bicyclic) bond motifs is 6. The summed E-state index contributed by atoms with van der Waals surface area (Å²) in [6.45, 7) is 20.6. The van der Waals surface area contributed by atoms with Crippen molar-refractivity contribution in [2.75, 3.05) is 39.5 Å². The Morgan fingerprint density at radius 2 is 1.10 bits per heavy atom. The van der Waals surface area contributed by atoms with E-state index in [1.807, 2.05) is 0 Å². The first-order valence-electron chi connectivity index (χ1n) is 7.68. The van der Waals surface area contributed by atoms with Crippen molar-refractivity contribution in [3.63, 3.8) is 0 Å². The maximum atomic E-state index is 6.42. The van der Waals surface area contributed by atoms with Gasteiger partial charge in [-0.05, 0) is 0 Å². The highest BCUT2D eigenvalue weighted by molar-refractivity contribution is 7.79. The van der Waals surface area contributed by atoms with Gasteiger partial charge in [-0.1, -0.05) is 39.3 Å². The number of rotatable bonds is 3. The van der Waals surface area contributed by atoms with E-state index in [1.54, 1.807) is 0 Å². The molecule has 0 saturated carbocycles. The molecular formula is C12H30NO3Si4-. The van der Waals surface area contributed by atoms with Gasteiger partial charge in [-0.15, -0.1) is 15.2 Å². The van der Waals surface area contributed by atoms with Gasteiger partial charge in [0.15, 0.2) is 0 Å². The summed E-state index contributed by atoms with van der Waals surface area (Å²) in [6, 6.07) is 0. The zero-order chi connectivity index (χ0) is 15.0. The van der Waals surface area contributed by atoms with E-state index in [0.29, 0.717) is 0 Å². The molecule has 0 atom stereocenters. The molecule has 0 unspecified atom stereocenters. The van der Waals surface area contributed by atoms with E-state index >= 15 is 0 Å². The minimum Gasteiger partial charge on any atom is -0.396 e. The van der Waals surface area contributed by atoms with Crippen LogP contribution in [0.2, 0.25) is 39.3 Å². The second kappa shape index (κ2) is 6.07. The lowest BCUT2D eigenvalue weighted by Crippen LogP contribution is -2.78. The maximum absolute atomic E-state index is 6.42. The Hall–Kier alpha value is 0.708. The van der Waals surface area contributed by atoms with Crippen LogP contribution in [-0.2, 0) is 13.3 Å². The number of nitrogens with zero attached hydrogens (tertiary/aromatic N) is 1. The second-order valence-corrected chi connectivity index (χ2v) is 39.4. The molecule has 2 bridgehead atoms. The van der Waals surface area contributed by atoms with Gasteiger partial charge in [-0.3, -0.25) is 4.90 Å². The Morgan fingerprint density at radius 3 is 1.40 bits per heavy atom. The Balaban J connectivity index is 2.36. The number of hydrogen-bond donors (Lipinski definition) is 0. The van der Waals surface area contributed by atoms with Crippen molar-refractivity contribution in [1.82, 2.24) is 4.90 Å². The Kier molecular flexibility index (Phi) is 5.18. The van der Waals surface area contributed by atoms with E-state index in [0.717, 1.165) is 39.5 Å². The van der Waals surface area contributed by atoms with Gasteiger partial charge in [0.2, 0.25) is 0 Å². The number of hydrogen-bond acceptors (Lipinski definition) is 4. The van der Waals surface area contributed by atoms with E-state index in [4.69, 9.17) is 13.3 Å². The molecule has 3 aliphatic heterocycles. The lowest BCUT2D eigenvalue weighted by molar-refractivity contribution is 0.00618. The van der Waals surface area contributed by atoms with Crippen molar-refractivity contribution in [2.45, 2.75) is 39.3 Å². The first-order chi connectivity index (χ1) is 9.15. The summed E-state index contributed by atoms with van der Waals surface area (Å²) in [6.07, 6.45) is 0. The normalized spacial score (nSPS) is 32.9. The summed E-state index contributed by atoms with van der Waals surface area (Å²) >= 11 is 0. The van der Waals surface area contributed by atoms with Crippen LogP contribution in [0.1, 0.15) is 0 Å². The van der Waals surface area contributed by atoms with Crippen molar-refractivity contribution in [2.24, 2.45) is 0 Å². The molecule has 3 rings (SSSR count). The fourth-order valence-corrected chi connectivity index (χ4v) is 64.7. The van der Waals surface area contributed by atoms with Crippen molar-refractivity contribution < 1.29 is 13.3 Å². The SMILES string of the molecule is C[Si](C)(C)[Si-]([Si](C)(C)C)[Si]12OCCN(CCO1)CCO2. The lowest BCUT2D eigenvalue weighted by atomic mass is 10.4. The van der Waals surface area contributed by atoms with Gasteiger partial charge in [-0.2, -0.15) is 7.35 Å². The van der Waals surface area contributed by atoms with Crippen molar-refractivity contribution >= 4 is 30.9 Å². The third-order valence-corrected chi connectivity index (χ3v) is 53.9. The molecule has 0 aromatic heterocycles. The summed E-state index contributed by atoms with van der Waals surface area (Å²) in [4.78, 5) is 2.40. The van der Waals surface area contributed by atoms with Crippen LogP contribution in [0.15, 0.2) is 0 Å². The summed E-state index contributed by atoms with van der Waals surface area (Å²) in [5.74, 6) is 0. The summed E-state index contributed by atoms with van der Waals surface area (Å²) in [7, 11) is -5.72. The minimum absolute atomic E-state index is 0.681. The van der Waals surface area contributed by atoms with Crippen molar-refractivity contribution in [1.29, 1.82) is 0 Å². The third-order valence-electron chi connectivity index (χ3n) is 3.90. The first-order valence-corrected chi connectivity index (χ1v) is 20.9. The van der Waals surface area contributed by atoms with E-state index in [2.05, 4.69) is 44.2 Å². The molecule has 20 heavy (non-hydrogen) atoms. The van der Waals surface area contributed by atoms with Crippen LogP contribution in [0.25, 0.3) is 0 Å². The van der Waals surface area contributed by atoms with Crippen molar-refractivity contribution in [3.8, 4) is 0 Å². The van der Waals surface area contributed by atoms with Gasteiger partial charge in [0.25, 0.3) is 8.32 Å². The molecule has 4 nitrogen and oxygen atoms in total. The molecule has 0 aliphatic carbocycles. The highest BCUT2D eigenvalue weighted by Crippen LogP contribution is 2.30. The van der Waals surface area contributed by atoms with Gasteiger partial charge in [0, 0.05) is 39.5 Å². The first kappa shape index (κ1) is 17.1. The highest BCUT2D eigenvalue weighted by atomic mass is 29.9. The summed E-state index contributed by atoms with van der Waals surface area (Å²) in [5.41, 5.74) is 0. The molecule has 3 heterocycles. The average Bonchev–Trinajstić information content (AvgIpc) is 2.14. The van der Waals surface area contributed by atoms with Crippen LogP contribution in [0.3, 0.4) is 0 Å². The van der Waals surface area contributed by atoms with E-state index in [9.17, 15) is 0 Å². The predicted octanol–water partition coefficient (Wildman–Crippen LogP) is 1.71. The quantitative estimate of drug-likeness (QED) is 0.727. The van der Waals surface area contributed by atoms with Crippen LogP contribution in [-0.4, -0.2) is 75.2 Å². The molecule has 0 spiro atoms. The largest absolute Gasteiger partial charge is 0.396 e. The fourth-order valence-electron chi connectivity index (χ4n) is 3.65. The molecule has 0 aromatic rings. The molecular weight excluding hydrogens is 318 g/mol. The predicted molar refractivity (Wildman–Crippen MR) is 92.5 cm³/mol. The van der Waals surface area contributed by atoms with Gasteiger partial charge >= 0.3 is 0 Å². The fraction of sp³-hybridized carbons (Fsp3) is 1.00. The van der Waals surface area contributed by atoms with Gasteiger partial charge in [-0.25, -0.2) is 0 Å². The van der Waals surface area contributed by atoms with Crippen molar-refractivity contribution in [3.05, 3.63) is 0 Å². The molecule has 3 fully saturated rings. The second-order valence-electron chi connectivity index (χ2n) is 7.82. The van der Waals surface area contributed by atoms with Crippen LogP contribution in [0.5, 0.6) is 0 Å². The maximum Gasteiger partial charge on any atom is 0.295 e. The van der Waals surface area contributed by atoms with Gasteiger partial charge < -0.3 is 13.3 Å². The standard InChI is InChI=1S/C12H30NO3Si4/c1-18(2,3)17(19(4,5)6)20-14-10-7-13(8-11-15-20)9-12-16-20/h7-12H2,1-6H3/q-1. The third kappa shape index (κ3) is 3.72. The van der Waals surface area contributed by atoms with E-state index in [-0.39, 0.29) is 0 Å². The zero-order valence-corrected chi connectivity index (χ0v) is 17.9. The molecule has 3 aliphatic rings.